The van der Waals surface area contributed by atoms with Crippen LogP contribution in [0.15, 0.2) is 48.9 Å². The van der Waals surface area contributed by atoms with Crippen LogP contribution in [0.1, 0.15) is 20.1 Å². The highest BCUT2D eigenvalue weighted by molar-refractivity contribution is 5.86. The maximum absolute atomic E-state index is 9.67. The summed E-state index contributed by atoms with van der Waals surface area (Å²) in [5.41, 5.74) is 7.32. The average molecular weight is 449 g/mol. The van der Waals surface area contributed by atoms with Gasteiger partial charge < -0.3 is 34.4 Å². The summed E-state index contributed by atoms with van der Waals surface area (Å²) in [7, 11) is 0. The summed E-state index contributed by atoms with van der Waals surface area (Å²) in [4.78, 5) is 12.6. The Hall–Kier alpha value is -3.47. The third-order valence-corrected chi connectivity index (χ3v) is 6.00. The van der Waals surface area contributed by atoms with Crippen molar-refractivity contribution in [2.75, 3.05) is 12.3 Å². The lowest BCUT2D eigenvalue weighted by Crippen LogP contribution is -2.33. The third kappa shape index (κ3) is 3.43. The number of benzene rings is 1. The number of ether oxygens (including phenoxy) is 4. The van der Waals surface area contributed by atoms with Crippen molar-refractivity contribution in [3.63, 3.8) is 0 Å². The minimum atomic E-state index is -0.753. The summed E-state index contributed by atoms with van der Waals surface area (Å²) in [6, 6.07) is 10.8. The fraction of sp³-hybridized carbons (Fsp3) is 0.348. The van der Waals surface area contributed by atoms with Gasteiger partial charge in [0.05, 0.1) is 10.9 Å². The summed E-state index contributed by atoms with van der Waals surface area (Å²) in [5.74, 6) is 0.241. The first kappa shape index (κ1) is 20.2. The number of pyridine rings is 1. The Morgan fingerprint density at radius 2 is 1.94 bits per heavy atom. The summed E-state index contributed by atoms with van der Waals surface area (Å²) < 4.78 is 26.7. The zero-order valence-electron chi connectivity index (χ0n) is 18.1. The van der Waals surface area contributed by atoms with E-state index in [2.05, 4.69) is 15.0 Å². The molecule has 3 aromatic heterocycles. The highest BCUT2D eigenvalue weighted by Crippen LogP contribution is 2.44. The van der Waals surface area contributed by atoms with Crippen LogP contribution in [0, 0.1) is 0 Å². The molecule has 10 nitrogen and oxygen atoms in total. The van der Waals surface area contributed by atoms with Gasteiger partial charge in [-0.1, -0.05) is 0 Å². The van der Waals surface area contributed by atoms with Gasteiger partial charge in [-0.15, -0.1) is 0 Å². The molecule has 33 heavy (non-hydrogen) atoms. The fourth-order valence-corrected chi connectivity index (χ4v) is 4.57. The van der Waals surface area contributed by atoms with Crippen LogP contribution in [0.25, 0.3) is 21.9 Å². The molecular weight excluding hydrogens is 426 g/mol. The van der Waals surface area contributed by atoms with Crippen LogP contribution >= 0.6 is 0 Å². The molecule has 2 saturated heterocycles. The molecule has 6 rings (SSSR count). The molecule has 4 atom stereocenters. The molecule has 10 heteroatoms. The van der Waals surface area contributed by atoms with Crippen molar-refractivity contribution < 1.29 is 24.1 Å². The molecule has 3 N–H and O–H groups in total. The van der Waals surface area contributed by atoms with Crippen molar-refractivity contribution >= 4 is 27.8 Å². The Balaban J connectivity index is 1.27. The third-order valence-electron chi connectivity index (χ3n) is 6.00. The number of nitrogen functional groups attached to an aromatic ring is 1. The van der Waals surface area contributed by atoms with Crippen LogP contribution in [0.4, 0.5) is 5.82 Å². The van der Waals surface area contributed by atoms with E-state index in [0.717, 1.165) is 10.8 Å². The van der Waals surface area contributed by atoms with E-state index in [4.69, 9.17) is 24.7 Å². The van der Waals surface area contributed by atoms with Gasteiger partial charge in [-0.25, -0.2) is 15.0 Å². The molecule has 0 saturated carbocycles. The van der Waals surface area contributed by atoms with Crippen molar-refractivity contribution in [1.29, 1.82) is 0 Å². The van der Waals surface area contributed by atoms with Crippen LogP contribution in [-0.2, 0) is 14.2 Å². The van der Waals surface area contributed by atoms with E-state index < -0.39 is 12.0 Å². The van der Waals surface area contributed by atoms with Crippen LogP contribution < -0.4 is 10.5 Å². The summed E-state index contributed by atoms with van der Waals surface area (Å²) in [5, 5.41) is 11.3. The average Bonchev–Trinajstić information content (AvgIpc) is 3.43. The zero-order valence-corrected chi connectivity index (χ0v) is 18.1. The van der Waals surface area contributed by atoms with Gasteiger partial charge in [0.2, 0.25) is 5.88 Å². The number of nitrogens with zero attached hydrogens (tertiary/aromatic N) is 4. The van der Waals surface area contributed by atoms with Crippen LogP contribution in [0.3, 0.4) is 0 Å². The molecule has 170 valence electrons. The molecule has 0 unspecified atom stereocenters. The van der Waals surface area contributed by atoms with E-state index in [9.17, 15) is 5.11 Å². The van der Waals surface area contributed by atoms with E-state index in [1.165, 1.54) is 6.33 Å². The Morgan fingerprint density at radius 3 is 2.82 bits per heavy atom. The maximum Gasteiger partial charge on any atom is 0.211 e. The van der Waals surface area contributed by atoms with Crippen LogP contribution in [-0.4, -0.2) is 55.3 Å². The lowest BCUT2D eigenvalue weighted by molar-refractivity contribution is -0.198. The summed E-state index contributed by atoms with van der Waals surface area (Å²) in [6.45, 7) is 4.02. The summed E-state index contributed by atoms with van der Waals surface area (Å²) >= 11 is 0. The number of anilines is 1. The van der Waals surface area contributed by atoms with Crippen molar-refractivity contribution in [2.24, 2.45) is 0 Å². The standard InChI is InChI=1S/C23H23N5O5/c1-23(2)32-18-16(10-30-13-5-3-12-4-6-17(29)27-15(12)9-13)31-22(19(18)33-23)28-8-7-14-20(24)25-11-26-21(14)28/h3-9,11,16,18-19,22H,10H2,1-2H3,(H,27,29)(H2,24,25,26)/t16-,18-,19-,22-/m1/s1. The SMILES string of the molecule is CC1(C)O[C@@H]2[C@H](O1)[C@@H](COc1ccc3ccc(O)nc3c1)O[C@H]2n1ccc2c(N)ncnc21. The van der Waals surface area contributed by atoms with E-state index in [1.54, 1.807) is 18.2 Å². The lowest BCUT2D eigenvalue weighted by Gasteiger charge is -2.25. The predicted octanol–water partition coefficient (Wildman–Crippen LogP) is 2.76. The molecule has 2 aliphatic rings. The van der Waals surface area contributed by atoms with Gasteiger partial charge in [-0.05, 0) is 38.1 Å². The molecule has 0 bridgehead atoms. The molecule has 5 heterocycles. The molecule has 0 spiro atoms. The first-order chi connectivity index (χ1) is 15.9. The van der Waals surface area contributed by atoms with Gasteiger partial charge >= 0.3 is 0 Å². The van der Waals surface area contributed by atoms with Crippen molar-refractivity contribution in [3.05, 3.63) is 48.9 Å². The number of nitrogens with two attached hydrogens (primary N) is 1. The molecule has 2 aliphatic heterocycles. The molecule has 2 fully saturated rings. The second-order valence-corrected chi connectivity index (χ2v) is 8.68. The Kier molecular flexibility index (Phi) is 4.44. The minimum absolute atomic E-state index is 0.0356. The second kappa shape index (κ2) is 7.27. The topological polar surface area (TPSA) is 127 Å². The lowest BCUT2D eigenvalue weighted by atomic mass is 10.1. The quantitative estimate of drug-likeness (QED) is 0.483. The highest BCUT2D eigenvalue weighted by Gasteiger charge is 2.56. The van der Waals surface area contributed by atoms with Crippen molar-refractivity contribution in [3.8, 4) is 11.6 Å². The number of aromatic hydroxyl groups is 1. The first-order valence-corrected chi connectivity index (χ1v) is 10.7. The van der Waals surface area contributed by atoms with Crippen molar-refractivity contribution in [2.45, 2.75) is 44.2 Å². The molecule has 4 aromatic rings. The number of rotatable bonds is 4. The predicted molar refractivity (Wildman–Crippen MR) is 119 cm³/mol. The van der Waals surface area contributed by atoms with E-state index in [-0.39, 0.29) is 30.8 Å². The van der Waals surface area contributed by atoms with E-state index in [1.807, 2.05) is 42.8 Å². The second-order valence-electron chi connectivity index (χ2n) is 8.68. The smallest absolute Gasteiger partial charge is 0.211 e. The van der Waals surface area contributed by atoms with Gasteiger partial charge in [-0.2, -0.15) is 0 Å². The van der Waals surface area contributed by atoms with Crippen LogP contribution in [0.5, 0.6) is 11.6 Å². The number of hydrogen-bond donors (Lipinski definition) is 2. The molecule has 0 amide bonds. The van der Waals surface area contributed by atoms with E-state index >= 15 is 0 Å². The minimum Gasteiger partial charge on any atom is -0.493 e. The van der Waals surface area contributed by atoms with Crippen LogP contribution in [0.2, 0.25) is 0 Å². The molecular formula is C23H23N5O5. The Labute approximate surface area is 188 Å². The Bertz CT molecular complexity index is 1360. The zero-order chi connectivity index (χ0) is 22.7. The maximum atomic E-state index is 9.67. The first-order valence-electron chi connectivity index (χ1n) is 10.7. The largest absolute Gasteiger partial charge is 0.493 e. The Morgan fingerprint density at radius 1 is 1.12 bits per heavy atom. The van der Waals surface area contributed by atoms with Crippen molar-refractivity contribution in [1.82, 2.24) is 19.5 Å². The molecule has 0 aliphatic carbocycles. The number of aromatic nitrogens is 4. The number of hydrogen-bond acceptors (Lipinski definition) is 9. The van der Waals surface area contributed by atoms with Gasteiger partial charge in [0.15, 0.2) is 12.0 Å². The molecule has 1 aromatic carbocycles. The molecule has 0 radical (unpaired) electrons. The van der Waals surface area contributed by atoms with Gasteiger partial charge in [-0.3, -0.25) is 0 Å². The van der Waals surface area contributed by atoms with Gasteiger partial charge in [0, 0.05) is 23.7 Å². The van der Waals surface area contributed by atoms with E-state index in [0.29, 0.717) is 22.7 Å². The summed E-state index contributed by atoms with van der Waals surface area (Å²) in [6.07, 6.45) is 1.78. The monoisotopic (exact) mass is 449 g/mol. The fourth-order valence-electron chi connectivity index (χ4n) is 4.57. The normalized spacial score (nSPS) is 26.1. The number of fused-ring (bicyclic) bond motifs is 3. The van der Waals surface area contributed by atoms with Gasteiger partial charge in [0.25, 0.3) is 0 Å². The van der Waals surface area contributed by atoms with Gasteiger partial charge in [0.1, 0.15) is 48.5 Å². The highest BCUT2D eigenvalue weighted by atomic mass is 16.8.